The topological polar surface area (TPSA) is 55.1 Å². The van der Waals surface area contributed by atoms with Gasteiger partial charge < -0.3 is 11.1 Å². The van der Waals surface area contributed by atoms with E-state index in [-0.39, 0.29) is 18.2 Å². The lowest BCUT2D eigenvalue weighted by molar-refractivity contribution is -0.116. The van der Waals surface area contributed by atoms with Crippen molar-refractivity contribution in [2.24, 2.45) is 5.73 Å². The van der Waals surface area contributed by atoms with Crippen LogP contribution >= 0.6 is 0 Å². The highest BCUT2D eigenvalue weighted by Crippen LogP contribution is 2.16. The molecule has 0 saturated carbocycles. The van der Waals surface area contributed by atoms with Crippen LogP contribution in [0.2, 0.25) is 0 Å². The van der Waals surface area contributed by atoms with Gasteiger partial charge in [0.25, 0.3) is 0 Å². The molecule has 0 radical (unpaired) electrons. The van der Waals surface area contributed by atoms with Gasteiger partial charge in [0.05, 0.1) is 5.69 Å². The van der Waals surface area contributed by atoms with Crippen molar-refractivity contribution in [3.05, 3.63) is 29.8 Å². The summed E-state index contributed by atoms with van der Waals surface area (Å²) in [7, 11) is 0. The van der Waals surface area contributed by atoms with Crippen LogP contribution < -0.4 is 11.1 Å². The average Bonchev–Trinajstić information content (AvgIpc) is 2.24. The summed E-state index contributed by atoms with van der Waals surface area (Å²) in [5, 5.41) is 2.28. The summed E-state index contributed by atoms with van der Waals surface area (Å²) < 4.78 is 26.0. The molecule has 0 heterocycles. The van der Waals surface area contributed by atoms with Gasteiger partial charge in [0.1, 0.15) is 0 Å². The van der Waals surface area contributed by atoms with Crippen molar-refractivity contribution in [2.45, 2.75) is 25.8 Å². The van der Waals surface area contributed by atoms with Gasteiger partial charge in [0.15, 0.2) is 11.6 Å². The van der Waals surface area contributed by atoms with E-state index in [2.05, 4.69) is 5.32 Å². The molecule has 3 N–H and O–H groups in total. The number of carbonyl (C=O) groups is 1. The predicted molar refractivity (Wildman–Crippen MR) is 57.9 cm³/mol. The van der Waals surface area contributed by atoms with E-state index in [0.717, 1.165) is 6.07 Å². The Bertz CT molecular complexity index is 382. The van der Waals surface area contributed by atoms with Crippen molar-refractivity contribution in [2.75, 3.05) is 5.32 Å². The number of nitrogens with one attached hydrogen (secondary N) is 1. The zero-order chi connectivity index (χ0) is 12.1. The van der Waals surface area contributed by atoms with Crippen LogP contribution in [0, 0.1) is 11.6 Å². The Balaban J connectivity index is 2.66. The minimum absolute atomic E-state index is 0.0897. The van der Waals surface area contributed by atoms with Gasteiger partial charge in [0, 0.05) is 12.5 Å². The number of hydrogen-bond acceptors (Lipinski definition) is 2. The van der Waals surface area contributed by atoms with Gasteiger partial charge in [-0.1, -0.05) is 13.0 Å². The standard InChI is InChI=1S/C11H14F2N2O/c1-2-7(14)6-10(16)15-9-5-3-4-8(12)11(9)13/h3-5,7H,2,6,14H2,1H3,(H,15,16). The van der Waals surface area contributed by atoms with Gasteiger partial charge in [0.2, 0.25) is 5.91 Å². The molecule has 0 aliphatic heterocycles. The summed E-state index contributed by atoms with van der Waals surface area (Å²) in [6.45, 7) is 1.85. The second-order valence-electron chi connectivity index (χ2n) is 3.52. The molecule has 0 bridgehead atoms. The summed E-state index contributed by atoms with van der Waals surface area (Å²) in [6.07, 6.45) is 0.742. The molecular weight excluding hydrogens is 214 g/mol. The third kappa shape index (κ3) is 3.27. The number of rotatable bonds is 4. The number of nitrogens with two attached hydrogens (primary N) is 1. The third-order valence-electron chi connectivity index (χ3n) is 2.20. The molecule has 1 aromatic rings. The van der Waals surface area contributed by atoms with Crippen molar-refractivity contribution in [3.63, 3.8) is 0 Å². The Labute approximate surface area is 92.6 Å². The lowest BCUT2D eigenvalue weighted by Crippen LogP contribution is -2.26. The fourth-order valence-corrected chi connectivity index (χ4v) is 1.18. The van der Waals surface area contributed by atoms with Crippen LogP contribution in [0.1, 0.15) is 19.8 Å². The van der Waals surface area contributed by atoms with Gasteiger partial charge in [-0.25, -0.2) is 8.78 Å². The number of benzene rings is 1. The molecule has 1 aromatic carbocycles. The van der Waals surface area contributed by atoms with E-state index in [9.17, 15) is 13.6 Å². The number of halogens is 2. The molecule has 1 rings (SSSR count). The number of anilines is 1. The maximum Gasteiger partial charge on any atom is 0.226 e. The first-order chi connectivity index (χ1) is 7.54. The van der Waals surface area contributed by atoms with Crippen LogP contribution in [0.4, 0.5) is 14.5 Å². The van der Waals surface area contributed by atoms with Crippen molar-refractivity contribution in [1.29, 1.82) is 0 Å². The summed E-state index contributed by atoms with van der Waals surface area (Å²) >= 11 is 0. The van der Waals surface area contributed by atoms with Gasteiger partial charge >= 0.3 is 0 Å². The van der Waals surface area contributed by atoms with E-state index in [1.54, 1.807) is 0 Å². The van der Waals surface area contributed by atoms with Crippen molar-refractivity contribution in [3.8, 4) is 0 Å². The van der Waals surface area contributed by atoms with Gasteiger partial charge in [-0.05, 0) is 18.6 Å². The highest BCUT2D eigenvalue weighted by molar-refractivity contribution is 5.91. The minimum atomic E-state index is -1.05. The van der Waals surface area contributed by atoms with Crippen LogP contribution in [-0.4, -0.2) is 11.9 Å². The molecular formula is C11H14F2N2O. The fourth-order valence-electron chi connectivity index (χ4n) is 1.18. The highest BCUT2D eigenvalue weighted by atomic mass is 19.2. The van der Waals surface area contributed by atoms with Gasteiger partial charge in [-0.3, -0.25) is 4.79 Å². The SMILES string of the molecule is CCC(N)CC(=O)Nc1cccc(F)c1F. The Kier molecular flexibility index (Phi) is 4.37. The molecule has 1 atom stereocenters. The van der Waals surface area contributed by atoms with E-state index in [4.69, 9.17) is 5.73 Å². The van der Waals surface area contributed by atoms with Gasteiger partial charge in [-0.15, -0.1) is 0 Å². The molecule has 16 heavy (non-hydrogen) atoms. The first-order valence-electron chi connectivity index (χ1n) is 5.04. The molecule has 1 amide bonds. The number of amides is 1. The highest BCUT2D eigenvalue weighted by Gasteiger charge is 2.12. The maximum atomic E-state index is 13.2. The van der Waals surface area contributed by atoms with Crippen LogP contribution in [0.3, 0.4) is 0 Å². The molecule has 0 saturated heterocycles. The molecule has 0 fully saturated rings. The van der Waals surface area contributed by atoms with Crippen molar-refractivity contribution >= 4 is 11.6 Å². The molecule has 0 aromatic heterocycles. The summed E-state index contributed by atoms with van der Waals surface area (Å²) in [5.41, 5.74) is 5.41. The summed E-state index contributed by atoms with van der Waals surface area (Å²) in [5.74, 6) is -2.46. The lowest BCUT2D eigenvalue weighted by Gasteiger charge is -2.10. The average molecular weight is 228 g/mol. The molecule has 88 valence electrons. The van der Waals surface area contributed by atoms with Crippen LogP contribution in [0.25, 0.3) is 0 Å². The maximum absolute atomic E-state index is 13.2. The first-order valence-corrected chi connectivity index (χ1v) is 5.04. The Morgan fingerprint density at radius 3 is 2.81 bits per heavy atom. The summed E-state index contributed by atoms with van der Waals surface area (Å²) in [6, 6.07) is 3.35. The van der Waals surface area contributed by atoms with E-state index in [0.29, 0.717) is 6.42 Å². The Hall–Kier alpha value is -1.49. The predicted octanol–water partition coefficient (Wildman–Crippen LogP) is 2.03. The van der Waals surface area contributed by atoms with Crippen LogP contribution in [-0.2, 0) is 4.79 Å². The largest absolute Gasteiger partial charge is 0.327 e. The smallest absolute Gasteiger partial charge is 0.226 e. The molecule has 3 nitrogen and oxygen atoms in total. The second kappa shape index (κ2) is 5.55. The third-order valence-corrected chi connectivity index (χ3v) is 2.20. The zero-order valence-electron chi connectivity index (χ0n) is 8.97. The van der Waals surface area contributed by atoms with Crippen molar-refractivity contribution in [1.82, 2.24) is 0 Å². The monoisotopic (exact) mass is 228 g/mol. The van der Waals surface area contributed by atoms with E-state index >= 15 is 0 Å². The Morgan fingerprint density at radius 2 is 2.19 bits per heavy atom. The quantitative estimate of drug-likeness (QED) is 0.828. The van der Waals surface area contributed by atoms with Crippen LogP contribution in [0.15, 0.2) is 18.2 Å². The fraction of sp³-hybridized carbons (Fsp3) is 0.364. The zero-order valence-corrected chi connectivity index (χ0v) is 8.97. The molecule has 0 aliphatic carbocycles. The summed E-state index contributed by atoms with van der Waals surface area (Å²) in [4.78, 5) is 11.4. The normalized spacial score (nSPS) is 12.2. The van der Waals surface area contributed by atoms with Crippen molar-refractivity contribution < 1.29 is 13.6 Å². The van der Waals surface area contributed by atoms with E-state index in [1.165, 1.54) is 12.1 Å². The van der Waals surface area contributed by atoms with Crippen LogP contribution in [0.5, 0.6) is 0 Å². The first kappa shape index (κ1) is 12.6. The molecule has 0 spiro atoms. The van der Waals surface area contributed by atoms with E-state index < -0.39 is 17.5 Å². The van der Waals surface area contributed by atoms with Gasteiger partial charge in [-0.2, -0.15) is 0 Å². The Morgan fingerprint density at radius 1 is 1.50 bits per heavy atom. The molecule has 1 unspecified atom stereocenters. The number of carbonyl (C=O) groups excluding carboxylic acids is 1. The number of hydrogen-bond donors (Lipinski definition) is 2. The molecule has 0 aliphatic rings. The lowest BCUT2D eigenvalue weighted by atomic mass is 10.1. The van der Waals surface area contributed by atoms with E-state index in [1.807, 2.05) is 6.92 Å². The minimum Gasteiger partial charge on any atom is -0.327 e. The second-order valence-corrected chi connectivity index (χ2v) is 3.52. The molecule has 5 heteroatoms.